The highest BCUT2D eigenvalue weighted by molar-refractivity contribution is 6.46. The molecule has 0 saturated carbocycles. The van der Waals surface area contributed by atoms with Crippen molar-refractivity contribution in [1.82, 2.24) is 4.90 Å². The second-order valence-corrected chi connectivity index (χ2v) is 8.31. The second-order valence-electron chi connectivity index (χ2n) is 8.31. The van der Waals surface area contributed by atoms with Gasteiger partial charge in [-0.1, -0.05) is 32.0 Å². The number of ketones is 1. The van der Waals surface area contributed by atoms with E-state index in [1.54, 1.807) is 43.5 Å². The van der Waals surface area contributed by atoms with Crippen molar-refractivity contribution in [1.29, 1.82) is 0 Å². The monoisotopic (exact) mass is 453 g/mol. The van der Waals surface area contributed by atoms with Crippen molar-refractivity contribution < 1.29 is 28.9 Å². The maximum Gasteiger partial charge on any atom is 0.295 e. The van der Waals surface area contributed by atoms with E-state index in [1.807, 2.05) is 12.1 Å². The number of rotatable bonds is 10. The van der Waals surface area contributed by atoms with Crippen molar-refractivity contribution in [2.45, 2.75) is 26.3 Å². The molecule has 1 amide bonds. The number of amides is 1. The predicted octanol–water partition coefficient (Wildman–Crippen LogP) is 4.19. The average molecular weight is 454 g/mol. The van der Waals surface area contributed by atoms with Crippen LogP contribution in [0.5, 0.6) is 11.5 Å². The zero-order valence-corrected chi connectivity index (χ0v) is 19.5. The van der Waals surface area contributed by atoms with Gasteiger partial charge >= 0.3 is 0 Å². The van der Waals surface area contributed by atoms with E-state index in [2.05, 4.69) is 13.8 Å². The molecule has 1 fully saturated rings. The number of Topliss-reactive ketones (excluding diaryl/α,β-unsaturated/α-hetero) is 1. The lowest BCUT2D eigenvalue weighted by Gasteiger charge is -2.26. The van der Waals surface area contributed by atoms with Gasteiger partial charge in [-0.2, -0.15) is 0 Å². The summed E-state index contributed by atoms with van der Waals surface area (Å²) in [6.07, 6.45) is 0.553. The van der Waals surface area contributed by atoms with Crippen LogP contribution in [0.15, 0.2) is 54.1 Å². The Morgan fingerprint density at radius 3 is 2.39 bits per heavy atom. The minimum atomic E-state index is -0.769. The first-order valence-corrected chi connectivity index (χ1v) is 11.0. The third kappa shape index (κ3) is 5.37. The number of aliphatic hydroxyl groups excluding tert-OH is 1. The molecule has 0 spiro atoms. The summed E-state index contributed by atoms with van der Waals surface area (Å²) in [6.45, 7) is 5.44. The molecule has 1 unspecified atom stereocenters. The van der Waals surface area contributed by atoms with Crippen molar-refractivity contribution >= 4 is 17.4 Å². The highest BCUT2D eigenvalue weighted by Gasteiger charge is 2.46. The number of carbonyl (C=O) groups is 2. The SMILES string of the molecule is COCCCN1C(=O)C(=O)/C(=C(/O)c2ccc(OCC(C)C)cc2)C1c1ccccc1OC. The molecule has 0 radical (unpaired) electrons. The number of methoxy groups -OCH3 is 2. The number of para-hydroxylation sites is 1. The van der Waals surface area contributed by atoms with Crippen LogP contribution >= 0.6 is 0 Å². The van der Waals surface area contributed by atoms with Crippen LogP contribution in [0.25, 0.3) is 5.76 Å². The summed E-state index contributed by atoms with van der Waals surface area (Å²) in [5.41, 5.74) is 1.11. The van der Waals surface area contributed by atoms with Gasteiger partial charge in [-0.25, -0.2) is 0 Å². The van der Waals surface area contributed by atoms with E-state index < -0.39 is 17.7 Å². The zero-order valence-electron chi connectivity index (χ0n) is 19.5. The van der Waals surface area contributed by atoms with E-state index in [4.69, 9.17) is 14.2 Å². The topological polar surface area (TPSA) is 85.3 Å². The molecule has 1 saturated heterocycles. The molecule has 2 aromatic carbocycles. The molecule has 7 nitrogen and oxygen atoms in total. The summed E-state index contributed by atoms with van der Waals surface area (Å²) in [4.78, 5) is 27.5. The quantitative estimate of drug-likeness (QED) is 0.251. The minimum Gasteiger partial charge on any atom is -0.507 e. The fraction of sp³-hybridized carbons (Fsp3) is 0.385. The lowest BCUT2D eigenvalue weighted by atomic mass is 9.94. The maximum absolute atomic E-state index is 13.1. The summed E-state index contributed by atoms with van der Waals surface area (Å²) >= 11 is 0. The van der Waals surface area contributed by atoms with Gasteiger partial charge in [0.15, 0.2) is 0 Å². The molecular formula is C26H31NO6. The minimum absolute atomic E-state index is 0.0396. The van der Waals surface area contributed by atoms with Crippen LogP contribution in [0.2, 0.25) is 0 Å². The van der Waals surface area contributed by atoms with E-state index in [0.29, 0.717) is 54.7 Å². The van der Waals surface area contributed by atoms with Gasteiger partial charge in [0.2, 0.25) is 0 Å². The fourth-order valence-electron chi connectivity index (χ4n) is 3.83. The van der Waals surface area contributed by atoms with Crippen molar-refractivity contribution in [2.24, 2.45) is 5.92 Å². The Labute approximate surface area is 194 Å². The lowest BCUT2D eigenvalue weighted by molar-refractivity contribution is -0.140. The number of ether oxygens (including phenoxy) is 3. The van der Waals surface area contributed by atoms with Gasteiger partial charge in [0.25, 0.3) is 11.7 Å². The van der Waals surface area contributed by atoms with E-state index >= 15 is 0 Å². The Morgan fingerprint density at radius 1 is 1.06 bits per heavy atom. The molecule has 33 heavy (non-hydrogen) atoms. The normalized spacial score (nSPS) is 17.6. The van der Waals surface area contributed by atoms with Crippen LogP contribution < -0.4 is 9.47 Å². The number of hydrogen-bond donors (Lipinski definition) is 1. The molecule has 0 bridgehead atoms. The first-order valence-electron chi connectivity index (χ1n) is 11.0. The van der Waals surface area contributed by atoms with Crippen molar-refractivity contribution in [3.63, 3.8) is 0 Å². The summed E-state index contributed by atoms with van der Waals surface area (Å²) in [6, 6.07) is 13.3. The van der Waals surface area contributed by atoms with Gasteiger partial charge < -0.3 is 24.2 Å². The Hall–Kier alpha value is -3.32. The number of hydrogen-bond acceptors (Lipinski definition) is 6. The largest absolute Gasteiger partial charge is 0.507 e. The van der Waals surface area contributed by atoms with E-state index in [0.717, 1.165) is 0 Å². The zero-order chi connectivity index (χ0) is 24.0. The predicted molar refractivity (Wildman–Crippen MR) is 125 cm³/mol. The Kier molecular flexibility index (Phi) is 8.11. The lowest BCUT2D eigenvalue weighted by Crippen LogP contribution is -2.31. The average Bonchev–Trinajstić information content (AvgIpc) is 3.07. The molecule has 0 aliphatic carbocycles. The highest BCUT2D eigenvalue weighted by atomic mass is 16.5. The molecule has 1 aliphatic rings. The van der Waals surface area contributed by atoms with Crippen LogP contribution in [-0.4, -0.2) is 55.7 Å². The van der Waals surface area contributed by atoms with Gasteiger partial charge in [0.05, 0.1) is 25.3 Å². The van der Waals surface area contributed by atoms with Gasteiger partial charge in [-0.3, -0.25) is 9.59 Å². The Balaban J connectivity index is 2.05. The molecule has 0 aromatic heterocycles. The van der Waals surface area contributed by atoms with E-state index in [9.17, 15) is 14.7 Å². The van der Waals surface area contributed by atoms with E-state index in [-0.39, 0.29) is 11.3 Å². The maximum atomic E-state index is 13.1. The smallest absolute Gasteiger partial charge is 0.295 e. The van der Waals surface area contributed by atoms with E-state index in [1.165, 1.54) is 12.0 Å². The van der Waals surface area contributed by atoms with Crippen molar-refractivity contribution in [2.75, 3.05) is 34.0 Å². The number of nitrogens with zero attached hydrogens (tertiary/aromatic N) is 1. The van der Waals surface area contributed by atoms with Crippen LogP contribution in [-0.2, 0) is 14.3 Å². The molecule has 1 heterocycles. The third-order valence-electron chi connectivity index (χ3n) is 5.43. The van der Waals surface area contributed by atoms with Crippen molar-refractivity contribution in [3.8, 4) is 11.5 Å². The molecule has 7 heteroatoms. The highest BCUT2D eigenvalue weighted by Crippen LogP contribution is 2.42. The first kappa shape index (κ1) is 24.3. The van der Waals surface area contributed by atoms with Gasteiger partial charge in [-0.05, 0) is 42.7 Å². The summed E-state index contributed by atoms with van der Waals surface area (Å²) < 4.78 is 16.3. The molecular weight excluding hydrogens is 422 g/mol. The standard InChI is InChI=1S/C26H31NO6/c1-17(2)16-33-19-12-10-18(11-13-19)24(28)22-23(20-8-5-6-9-21(20)32-4)27(14-7-15-31-3)26(30)25(22)29/h5-6,8-13,17,23,28H,7,14-16H2,1-4H3/b24-22+. The molecule has 3 rings (SSSR count). The fourth-order valence-corrected chi connectivity index (χ4v) is 3.83. The molecule has 1 N–H and O–H groups in total. The van der Waals surface area contributed by atoms with Crippen LogP contribution in [0.1, 0.15) is 37.4 Å². The van der Waals surface area contributed by atoms with Crippen LogP contribution in [0.3, 0.4) is 0 Å². The molecule has 176 valence electrons. The summed E-state index contributed by atoms with van der Waals surface area (Å²) in [5, 5.41) is 11.2. The van der Waals surface area contributed by atoms with Crippen LogP contribution in [0.4, 0.5) is 0 Å². The van der Waals surface area contributed by atoms with Gasteiger partial charge in [-0.15, -0.1) is 0 Å². The van der Waals surface area contributed by atoms with Crippen molar-refractivity contribution in [3.05, 3.63) is 65.2 Å². The Morgan fingerprint density at radius 2 is 1.76 bits per heavy atom. The first-order chi connectivity index (χ1) is 15.9. The van der Waals surface area contributed by atoms with Crippen LogP contribution in [0, 0.1) is 5.92 Å². The molecule has 2 aromatic rings. The number of benzene rings is 2. The molecule has 1 aliphatic heterocycles. The second kappa shape index (κ2) is 11.0. The number of aliphatic hydroxyl groups is 1. The van der Waals surface area contributed by atoms with Gasteiger partial charge in [0.1, 0.15) is 17.3 Å². The summed E-state index contributed by atoms with van der Waals surface area (Å²) in [7, 11) is 3.12. The van der Waals surface area contributed by atoms with Gasteiger partial charge in [0, 0.05) is 31.4 Å². The summed E-state index contributed by atoms with van der Waals surface area (Å²) in [5.74, 6) is -0.0191. The Bertz CT molecular complexity index is 1010. The number of likely N-dealkylation sites (tertiary alicyclic amines) is 1. The molecule has 1 atom stereocenters. The third-order valence-corrected chi connectivity index (χ3v) is 5.43. The number of carbonyl (C=O) groups excluding carboxylic acids is 2.